The van der Waals surface area contributed by atoms with Crippen molar-refractivity contribution in [1.82, 2.24) is 4.90 Å². The molecule has 2 N–H and O–H groups in total. The van der Waals surface area contributed by atoms with Gasteiger partial charge in [-0.3, -0.25) is 4.79 Å². The van der Waals surface area contributed by atoms with Gasteiger partial charge in [0.1, 0.15) is 0 Å². The fraction of sp³-hybridized carbons (Fsp3) is 0.182. The fourth-order valence-electron chi connectivity index (χ4n) is 2.82. The molecule has 9 heteroatoms. The Morgan fingerprint density at radius 2 is 1.74 bits per heavy atom. The number of amides is 3. The number of hydrogen-bond donors (Lipinski definition) is 2. The van der Waals surface area contributed by atoms with Gasteiger partial charge in [0, 0.05) is 23.2 Å². The molecule has 0 aliphatic carbocycles. The monoisotopic (exact) mass is 447 g/mol. The number of urea groups is 1. The zero-order valence-electron chi connectivity index (χ0n) is 16.8. The summed E-state index contributed by atoms with van der Waals surface area (Å²) in [6, 6.07) is 12.6. The number of aryl methyl sites for hydroxylation is 1. The number of hydrogen-bond acceptors (Lipinski definition) is 3. The molecular formula is C22H20F3N3O2S. The molecule has 0 atom stereocenters. The molecule has 1 aromatic heterocycles. The third-order valence-electron chi connectivity index (χ3n) is 4.56. The Kier molecular flexibility index (Phi) is 6.65. The van der Waals surface area contributed by atoms with Crippen molar-refractivity contribution < 1.29 is 22.8 Å². The summed E-state index contributed by atoms with van der Waals surface area (Å²) in [4.78, 5) is 27.0. The maximum Gasteiger partial charge on any atom is 0.418 e. The number of thiophene rings is 1. The van der Waals surface area contributed by atoms with Crippen LogP contribution in [0.1, 0.15) is 26.4 Å². The second-order valence-corrected chi connectivity index (χ2v) is 7.89. The van der Waals surface area contributed by atoms with Gasteiger partial charge in [-0.05, 0) is 54.3 Å². The van der Waals surface area contributed by atoms with Gasteiger partial charge in [-0.2, -0.15) is 13.2 Å². The number of carbonyl (C=O) groups is 2. The second kappa shape index (κ2) is 9.22. The summed E-state index contributed by atoms with van der Waals surface area (Å²) in [5, 5.41) is 6.66. The van der Waals surface area contributed by atoms with Gasteiger partial charge >= 0.3 is 12.2 Å². The van der Waals surface area contributed by atoms with E-state index >= 15 is 0 Å². The molecule has 162 valence electrons. The van der Waals surface area contributed by atoms with Crippen LogP contribution in [0.4, 0.5) is 29.3 Å². The minimum absolute atomic E-state index is 0.0262. The van der Waals surface area contributed by atoms with Gasteiger partial charge in [0.2, 0.25) is 0 Å². The summed E-state index contributed by atoms with van der Waals surface area (Å²) >= 11 is 1.47. The molecule has 2 aromatic carbocycles. The van der Waals surface area contributed by atoms with E-state index in [1.165, 1.54) is 29.4 Å². The van der Waals surface area contributed by atoms with Crippen molar-refractivity contribution in [2.24, 2.45) is 0 Å². The van der Waals surface area contributed by atoms with Crippen molar-refractivity contribution in [3.63, 3.8) is 0 Å². The van der Waals surface area contributed by atoms with Crippen molar-refractivity contribution >= 4 is 34.6 Å². The Balaban J connectivity index is 1.77. The minimum atomic E-state index is -4.72. The Hall–Kier alpha value is -3.33. The molecule has 3 rings (SSSR count). The molecule has 3 amide bonds. The van der Waals surface area contributed by atoms with Crippen LogP contribution >= 0.6 is 11.3 Å². The van der Waals surface area contributed by atoms with E-state index in [1.54, 1.807) is 30.3 Å². The molecule has 0 spiro atoms. The lowest BCUT2D eigenvalue weighted by molar-refractivity contribution is -0.136. The van der Waals surface area contributed by atoms with Crippen LogP contribution in [-0.2, 0) is 12.7 Å². The molecule has 0 unspecified atom stereocenters. The van der Waals surface area contributed by atoms with Crippen LogP contribution in [0.25, 0.3) is 0 Å². The van der Waals surface area contributed by atoms with E-state index in [4.69, 9.17) is 0 Å². The van der Waals surface area contributed by atoms with Gasteiger partial charge in [-0.1, -0.05) is 18.2 Å². The molecule has 0 radical (unpaired) electrons. The van der Waals surface area contributed by atoms with Gasteiger partial charge < -0.3 is 15.5 Å². The summed E-state index contributed by atoms with van der Waals surface area (Å²) in [7, 11) is 1.51. The molecule has 5 nitrogen and oxygen atoms in total. The molecule has 0 aliphatic heterocycles. The number of benzene rings is 2. The van der Waals surface area contributed by atoms with E-state index in [-0.39, 0.29) is 17.9 Å². The summed E-state index contributed by atoms with van der Waals surface area (Å²) in [6.45, 7) is 2.18. The van der Waals surface area contributed by atoms with E-state index in [9.17, 15) is 22.8 Å². The van der Waals surface area contributed by atoms with Crippen LogP contribution in [0.15, 0.2) is 60.0 Å². The molecule has 31 heavy (non-hydrogen) atoms. The highest BCUT2D eigenvalue weighted by Crippen LogP contribution is 2.37. The molecule has 0 saturated heterocycles. The lowest BCUT2D eigenvalue weighted by Gasteiger charge is -2.20. The topological polar surface area (TPSA) is 61.4 Å². The molecule has 0 aliphatic rings. The molecule has 0 saturated carbocycles. The Bertz CT molecular complexity index is 1080. The van der Waals surface area contributed by atoms with Crippen molar-refractivity contribution in [1.29, 1.82) is 0 Å². The second-order valence-electron chi connectivity index (χ2n) is 6.89. The lowest BCUT2D eigenvalue weighted by Crippen LogP contribution is -2.31. The predicted molar refractivity (Wildman–Crippen MR) is 115 cm³/mol. The highest BCUT2D eigenvalue weighted by Gasteiger charge is 2.34. The van der Waals surface area contributed by atoms with Crippen LogP contribution in [0, 0.1) is 6.92 Å². The Morgan fingerprint density at radius 3 is 2.35 bits per heavy atom. The SMILES string of the molecule is Cc1ccsc1CN(C)C(=O)Nc1ccc(NC(=O)c2ccccc2)cc1C(F)(F)F. The highest BCUT2D eigenvalue weighted by molar-refractivity contribution is 7.10. The number of alkyl halides is 3. The number of nitrogens with one attached hydrogen (secondary N) is 2. The highest BCUT2D eigenvalue weighted by atomic mass is 32.1. The number of nitrogens with zero attached hydrogens (tertiary/aromatic N) is 1. The van der Waals surface area contributed by atoms with Gasteiger partial charge in [0.15, 0.2) is 0 Å². The summed E-state index contributed by atoms with van der Waals surface area (Å²) in [6.07, 6.45) is -4.72. The van der Waals surface area contributed by atoms with E-state index in [1.807, 2.05) is 18.4 Å². The summed E-state index contributed by atoms with van der Waals surface area (Å²) in [5.41, 5.74) is -0.128. The maximum absolute atomic E-state index is 13.6. The van der Waals surface area contributed by atoms with Crippen LogP contribution < -0.4 is 10.6 Å². The maximum atomic E-state index is 13.6. The lowest BCUT2D eigenvalue weighted by atomic mass is 10.1. The van der Waals surface area contributed by atoms with Crippen LogP contribution in [0.2, 0.25) is 0 Å². The largest absolute Gasteiger partial charge is 0.418 e. The number of carbonyl (C=O) groups excluding carboxylic acids is 2. The van der Waals surface area contributed by atoms with E-state index < -0.39 is 23.7 Å². The molecule has 3 aromatic rings. The van der Waals surface area contributed by atoms with Crippen molar-refractivity contribution in [2.75, 3.05) is 17.7 Å². The van der Waals surface area contributed by atoms with E-state index in [0.29, 0.717) is 5.56 Å². The van der Waals surface area contributed by atoms with Crippen molar-refractivity contribution in [3.8, 4) is 0 Å². The van der Waals surface area contributed by atoms with Crippen LogP contribution in [-0.4, -0.2) is 23.9 Å². The zero-order chi connectivity index (χ0) is 22.6. The van der Waals surface area contributed by atoms with Gasteiger partial charge in [0.05, 0.1) is 17.8 Å². The zero-order valence-corrected chi connectivity index (χ0v) is 17.6. The number of rotatable bonds is 5. The van der Waals surface area contributed by atoms with E-state index in [2.05, 4.69) is 10.6 Å². The first kappa shape index (κ1) is 22.4. The first-order chi connectivity index (χ1) is 14.6. The Labute approximate surface area is 181 Å². The summed E-state index contributed by atoms with van der Waals surface area (Å²) in [5.74, 6) is -0.531. The van der Waals surface area contributed by atoms with Crippen molar-refractivity contribution in [3.05, 3.63) is 81.5 Å². The first-order valence-corrected chi connectivity index (χ1v) is 10.2. The summed E-state index contributed by atoms with van der Waals surface area (Å²) < 4.78 is 40.9. The normalized spacial score (nSPS) is 11.1. The molecule has 0 bridgehead atoms. The number of anilines is 2. The predicted octanol–water partition coefficient (Wildman–Crippen LogP) is 5.99. The smallest absolute Gasteiger partial charge is 0.322 e. The number of halogens is 3. The fourth-order valence-corrected chi connectivity index (χ4v) is 3.78. The standard InChI is InChI=1S/C22H20F3N3O2S/c1-14-10-11-31-19(14)13-28(2)21(30)27-18-9-8-16(12-17(18)22(23,24)25)26-20(29)15-6-4-3-5-7-15/h3-12H,13H2,1-2H3,(H,26,29)(H,27,30). The van der Waals surface area contributed by atoms with Crippen LogP contribution in [0.5, 0.6) is 0 Å². The first-order valence-electron chi connectivity index (χ1n) is 9.28. The molecule has 1 heterocycles. The average Bonchev–Trinajstić information content (AvgIpc) is 3.13. The third kappa shape index (κ3) is 5.64. The van der Waals surface area contributed by atoms with Gasteiger partial charge in [-0.25, -0.2) is 4.79 Å². The molecular weight excluding hydrogens is 427 g/mol. The average molecular weight is 447 g/mol. The van der Waals surface area contributed by atoms with Crippen molar-refractivity contribution in [2.45, 2.75) is 19.6 Å². The minimum Gasteiger partial charge on any atom is -0.322 e. The Morgan fingerprint density at radius 1 is 1.03 bits per heavy atom. The molecule has 0 fully saturated rings. The van der Waals surface area contributed by atoms with Gasteiger partial charge in [-0.15, -0.1) is 11.3 Å². The van der Waals surface area contributed by atoms with E-state index in [0.717, 1.165) is 22.6 Å². The van der Waals surface area contributed by atoms with Gasteiger partial charge in [0.25, 0.3) is 5.91 Å². The third-order valence-corrected chi connectivity index (χ3v) is 5.56. The van der Waals surface area contributed by atoms with Crippen LogP contribution in [0.3, 0.4) is 0 Å². The quantitative estimate of drug-likeness (QED) is 0.505.